The quantitative estimate of drug-likeness (QED) is 0.339. The summed E-state index contributed by atoms with van der Waals surface area (Å²) >= 11 is 12.0. The monoisotopic (exact) mass is 473 g/mol. The largest absolute Gasteiger partial charge is 0.465 e. The van der Waals surface area contributed by atoms with Crippen LogP contribution >= 0.6 is 23.2 Å². The van der Waals surface area contributed by atoms with Crippen molar-refractivity contribution in [3.63, 3.8) is 0 Å². The van der Waals surface area contributed by atoms with Gasteiger partial charge in [-0.1, -0.05) is 23.2 Å². The third-order valence-electron chi connectivity index (χ3n) is 4.90. The number of methoxy groups -OCH3 is 1. The predicted octanol–water partition coefficient (Wildman–Crippen LogP) is 4.11. The maximum atomic E-state index is 13.0. The Morgan fingerprint density at radius 3 is 2.47 bits per heavy atom. The first-order valence-electron chi connectivity index (χ1n) is 9.36. The third kappa shape index (κ3) is 3.68. The Morgan fingerprint density at radius 2 is 1.81 bits per heavy atom. The van der Waals surface area contributed by atoms with E-state index >= 15 is 0 Å². The summed E-state index contributed by atoms with van der Waals surface area (Å²) in [6, 6.07) is 9.85. The maximum absolute atomic E-state index is 13.0. The molecule has 1 aliphatic heterocycles. The van der Waals surface area contributed by atoms with Gasteiger partial charge in [-0.2, -0.15) is 0 Å². The molecule has 2 N–H and O–H groups in total. The molecule has 32 heavy (non-hydrogen) atoms. The van der Waals surface area contributed by atoms with Crippen molar-refractivity contribution in [2.75, 3.05) is 31.4 Å². The van der Waals surface area contributed by atoms with Gasteiger partial charge in [-0.05, 0) is 30.3 Å². The number of halogens is 2. The van der Waals surface area contributed by atoms with Gasteiger partial charge in [0.05, 0.1) is 22.7 Å². The van der Waals surface area contributed by atoms with E-state index in [-0.39, 0.29) is 27.0 Å². The van der Waals surface area contributed by atoms with Gasteiger partial charge in [-0.3, -0.25) is 9.59 Å². The molecule has 0 amide bonds. The van der Waals surface area contributed by atoms with E-state index in [9.17, 15) is 14.4 Å². The van der Waals surface area contributed by atoms with E-state index in [4.69, 9.17) is 32.4 Å². The van der Waals surface area contributed by atoms with E-state index in [1.54, 1.807) is 18.2 Å². The highest BCUT2D eigenvalue weighted by Gasteiger charge is 2.23. The lowest BCUT2D eigenvalue weighted by atomic mass is 10.1. The molecule has 2 aromatic rings. The van der Waals surface area contributed by atoms with Crippen LogP contribution in [-0.4, -0.2) is 32.2 Å². The van der Waals surface area contributed by atoms with Gasteiger partial charge in [0.25, 0.3) is 10.9 Å². The van der Waals surface area contributed by atoms with Crippen LogP contribution in [0.3, 0.4) is 0 Å². The highest BCUT2D eigenvalue weighted by Crippen LogP contribution is 2.28. The number of rotatable bonds is 4. The second kappa shape index (κ2) is 8.22. The highest BCUT2D eigenvalue weighted by molar-refractivity contribution is 6.42. The molecular weight excluding hydrogens is 457 g/mol. The van der Waals surface area contributed by atoms with Crippen molar-refractivity contribution in [2.45, 2.75) is 0 Å². The molecule has 0 saturated carbocycles. The van der Waals surface area contributed by atoms with Gasteiger partial charge in [0.1, 0.15) is 16.6 Å². The number of H-pyrrole nitrogens is 1. The van der Waals surface area contributed by atoms with Crippen LogP contribution in [0.15, 0.2) is 50.4 Å². The molecule has 0 radical (unpaired) electrons. The molecule has 164 valence electrons. The van der Waals surface area contributed by atoms with E-state index in [1.165, 1.54) is 19.2 Å². The van der Waals surface area contributed by atoms with Gasteiger partial charge in [-0.25, -0.2) is 4.79 Å². The molecule has 4 rings (SSSR count). The van der Waals surface area contributed by atoms with E-state index in [0.717, 1.165) is 5.69 Å². The molecule has 0 atom stereocenters. The Morgan fingerprint density at radius 1 is 1.06 bits per heavy atom. The summed E-state index contributed by atoms with van der Waals surface area (Å²) in [5.74, 6) is -0.828. The molecule has 0 spiro atoms. The number of aromatic nitrogens is 1. The van der Waals surface area contributed by atoms with Gasteiger partial charge >= 0.3 is 5.97 Å². The SMILES string of the molecule is COC(=O)c1c(Nc2ccc(Cl)c(Cl)c2)c(=O)c(=O)c2oc3cc(N(C)C)ccc3[nH]c1=2. The molecule has 0 fully saturated rings. The second-order valence-corrected chi connectivity index (χ2v) is 7.97. The molecule has 0 aromatic heterocycles. The normalized spacial score (nSPS) is 11.0. The Bertz CT molecular complexity index is 1560. The van der Waals surface area contributed by atoms with Crippen molar-refractivity contribution < 1.29 is 13.9 Å². The van der Waals surface area contributed by atoms with Gasteiger partial charge in [-0.15, -0.1) is 0 Å². The van der Waals surface area contributed by atoms with Crippen LogP contribution in [0.4, 0.5) is 17.1 Å². The number of carbonyl (C=O) groups is 1. The number of carbonyl (C=O) groups excluding carboxylic acids is 1. The van der Waals surface area contributed by atoms with E-state index in [1.807, 2.05) is 25.1 Å². The lowest BCUT2D eigenvalue weighted by molar-refractivity contribution is 0.0600. The van der Waals surface area contributed by atoms with E-state index in [2.05, 4.69) is 10.3 Å². The number of fused-ring (bicyclic) bond motifs is 1. The zero-order valence-corrected chi connectivity index (χ0v) is 18.7. The fourth-order valence-corrected chi connectivity index (χ4v) is 3.56. The minimum atomic E-state index is -0.954. The lowest BCUT2D eigenvalue weighted by Gasteiger charge is -2.14. The Hall–Kier alpha value is -3.49. The van der Waals surface area contributed by atoms with Crippen LogP contribution < -0.4 is 21.1 Å². The Balaban J connectivity index is 2.07. The minimum Gasteiger partial charge on any atom is -0.465 e. The smallest absolute Gasteiger partial charge is 0.342 e. The molecule has 1 heterocycles. The number of nitrogens with zero attached hydrogens (tertiary/aromatic N) is 1. The van der Waals surface area contributed by atoms with E-state index in [0.29, 0.717) is 21.8 Å². The van der Waals surface area contributed by atoms with Crippen LogP contribution in [0.2, 0.25) is 10.0 Å². The molecule has 0 saturated heterocycles. The number of aromatic amines is 1. The van der Waals surface area contributed by atoms with Gasteiger partial charge in [0.2, 0.25) is 5.42 Å². The molecular formula is C22H17Cl2N3O5. The topological polar surface area (TPSA) is 105 Å². The molecule has 0 unspecified atom stereocenters. The van der Waals surface area contributed by atoms with Crippen molar-refractivity contribution in [3.8, 4) is 0 Å². The maximum Gasteiger partial charge on any atom is 0.342 e. The van der Waals surface area contributed by atoms with Crippen molar-refractivity contribution >= 4 is 57.3 Å². The van der Waals surface area contributed by atoms with Crippen LogP contribution in [0.5, 0.6) is 0 Å². The summed E-state index contributed by atoms with van der Waals surface area (Å²) < 4.78 is 10.7. The zero-order chi connectivity index (χ0) is 23.2. The zero-order valence-electron chi connectivity index (χ0n) is 17.2. The first kappa shape index (κ1) is 21.7. The summed E-state index contributed by atoms with van der Waals surface area (Å²) in [5.41, 5.74) is -0.521. The van der Waals surface area contributed by atoms with Gasteiger partial charge < -0.3 is 24.4 Å². The number of esters is 1. The Kier molecular flexibility index (Phi) is 5.58. The predicted molar refractivity (Wildman–Crippen MR) is 124 cm³/mol. The van der Waals surface area contributed by atoms with Crippen molar-refractivity contribution in [1.82, 2.24) is 4.98 Å². The average Bonchev–Trinajstić information content (AvgIpc) is 2.78. The van der Waals surface area contributed by atoms with Crippen LogP contribution in [-0.2, 0) is 4.74 Å². The summed E-state index contributed by atoms with van der Waals surface area (Å²) in [4.78, 5) is 43.5. The third-order valence-corrected chi connectivity index (χ3v) is 5.64. The van der Waals surface area contributed by atoms with Gasteiger partial charge in [0.15, 0.2) is 5.58 Å². The highest BCUT2D eigenvalue weighted by atomic mass is 35.5. The number of hydrogen-bond acceptors (Lipinski definition) is 7. The first-order valence-corrected chi connectivity index (χ1v) is 10.1. The minimum absolute atomic E-state index is 0.0362. The van der Waals surface area contributed by atoms with Crippen LogP contribution in [0.1, 0.15) is 10.4 Å². The van der Waals surface area contributed by atoms with Crippen LogP contribution in [0, 0.1) is 10.8 Å². The van der Waals surface area contributed by atoms with Crippen molar-refractivity contribution in [2.24, 2.45) is 0 Å². The van der Waals surface area contributed by atoms with Gasteiger partial charge in [0, 0.05) is 31.5 Å². The second-order valence-electron chi connectivity index (χ2n) is 7.16. The van der Waals surface area contributed by atoms with E-state index < -0.39 is 16.8 Å². The summed E-state index contributed by atoms with van der Waals surface area (Å²) in [6.07, 6.45) is 0. The summed E-state index contributed by atoms with van der Waals surface area (Å²) in [5, 5.41) is 3.38. The fraction of sp³-hybridized carbons (Fsp3) is 0.136. The number of benzene rings is 2. The molecule has 2 aromatic carbocycles. The number of nitrogens with one attached hydrogen (secondary N) is 2. The summed E-state index contributed by atoms with van der Waals surface area (Å²) in [6.45, 7) is 0. The van der Waals surface area contributed by atoms with Crippen LogP contribution in [0.25, 0.3) is 11.1 Å². The van der Waals surface area contributed by atoms with Crippen molar-refractivity contribution in [3.05, 3.63) is 83.2 Å². The Labute approximate surface area is 191 Å². The molecule has 0 bridgehead atoms. The molecule has 8 nitrogen and oxygen atoms in total. The number of anilines is 3. The standard InChI is InChI=1S/C22H17Cl2N3O5/c1-27(2)11-5-7-14-15(9-11)32-21-18(26-14)16(22(30)31-3)17(19(28)20(21)29)25-10-4-6-12(23)13(24)8-10/h4-9,25-26H,1-3H3. The molecule has 2 aliphatic rings. The first-order chi connectivity index (χ1) is 15.2. The fourth-order valence-electron chi connectivity index (χ4n) is 3.26. The number of ether oxygens (including phenoxy) is 1. The average molecular weight is 474 g/mol. The molecule has 10 heteroatoms. The summed E-state index contributed by atoms with van der Waals surface area (Å²) in [7, 11) is 4.89. The molecule has 1 aliphatic carbocycles. The van der Waals surface area contributed by atoms with Crippen molar-refractivity contribution in [1.29, 1.82) is 0 Å². The lowest BCUT2D eigenvalue weighted by Crippen LogP contribution is -2.30. The number of hydrogen-bond donors (Lipinski definition) is 2.